The number of esters is 2. The largest absolute Gasteiger partial charge is 1.00 e. The third-order valence-electron chi connectivity index (χ3n) is 10.2. The number of quaternary nitrogens is 1. The van der Waals surface area contributed by atoms with E-state index in [0.29, 0.717) is 36.9 Å². The van der Waals surface area contributed by atoms with Crippen molar-refractivity contribution >= 4 is 30.5 Å². The molecule has 2 bridgehead atoms. The Labute approximate surface area is 387 Å². The van der Waals surface area contributed by atoms with Crippen LogP contribution in [0.25, 0.3) is 0 Å². The summed E-state index contributed by atoms with van der Waals surface area (Å²) in [5.74, 6) is -1.90. The zero-order valence-electron chi connectivity index (χ0n) is 37.4. The van der Waals surface area contributed by atoms with Crippen LogP contribution in [-0.4, -0.2) is 143 Å². The maximum Gasteiger partial charge on any atom is 1.00 e. The number of phosphoric acid groups is 1. The number of hydrogen-bond acceptors (Lipinski definition) is 17. The predicted octanol–water partition coefficient (Wildman–Crippen LogP) is 0.879. The molecule has 2 saturated heterocycles. The smallest absolute Gasteiger partial charge is 0.726 e. The molecule has 352 valence electrons. The van der Waals surface area contributed by atoms with Crippen LogP contribution in [0.5, 0.6) is 0 Å². The SMILES string of the molecule is CC(=O)OC[C@H](CO[P+]([O-])(O)OCC[N+](C)(C)C)OC(=O)/C=C/CCCCC[C@H]1O[C@]2(CCCCCCCCCCCCCOCC(N)COS(=O)(=O)[O-])CC[C@@H](O)[C@H]1O2.[Na+]. The van der Waals surface area contributed by atoms with Crippen molar-refractivity contribution in [2.24, 2.45) is 5.73 Å². The van der Waals surface area contributed by atoms with Gasteiger partial charge in [-0.15, -0.1) is 0 Å². The maximum atomic E-state index is 12.4. The first kappa shape index (κ1) is 58.6. The molecule has 0 spiro atoms. The fraction of sp³-hybridized carbons (Fsp3) is 0.900. The molecule has 2 unspecified atom stereocenters. The van der Waals surface area contributed by atoms with Crippen LogP contribution in [0.1, 0.15) is 129 Å². The van der Waals surface area contributed by atoms with Gasteiger partial charge in [-0.2, -0.15) is 13.9 Å². The molecule has 0 aromatic rings. The monoisotopic (exact) mass is 925 g/mol. The van der Waals surface area contributed by atoms with Crippen LogP contribution in [0.15, 0.2) is 12.2 Å². The average Bonchev–Trinajstić information content (AvgIpc) is 3.46. The van der Waals surface area contributed by atoms with Crippen LogP contribution in [0, 0.1) is 0 Å². The number of likely N-dealkylation sites (N-methyl/N-ethyl adjacent to an activating group) is 1. The van der Waals surface area contributed by atoms with Crippen LogP contribution >= 0.6 is 8.17 Å². The van der Waals surface area contributed by atoms with Crippen molar-refractivity contribution in [1.29, 1.82) is 0 Å². The zero-order valence-corrected chi connectivity index (χ0v) is 41.1. The summed E-state index contributed by atoms with van der Waals surface area (Å²) in [7, 11) is -3.42. The van der Waals surface area contributed by atoms with Crippen LogP contribution in [-0.2, 0) is 56.9 Å². The number of fused-ring (bicyclic) bond motifs is 2. The van der Waals surface area contributed by atoms with Crippen molar-refractivity contribution < 1.29 is 108 Å². The van der Waals surface area contributed by atoms with E-state index in [1.807, 2.05) is 21.1 Å². The molecule has 4 N–H and O–H groups in total. The van der Waals surface area contributed by atoms with E-state index in [-0.39, 0.29) is 68.2 Å². The van der Waals surface area contributed by atoms with Crippen molar-refractivity contribution in [3.63, 3.8) is 0 Å². The Morgan fingerprint density at radius 1 is 0.902 bits per heavy atom. The molecule has 18 nitrogen and oxygen atoms in total. The Morgan fingerprint density at radius 2 is 1.52 bits per heavy atom. The van der Waals surface area contributed by atoms with Gasteiger partial charge in [0, 0.05) is 32.4 Å². The number of nitrogens with two attached hydrogens (primary N) is 1. The van der Waals surface area contributed by atoms with Crippen LogP contribution in [0.2, 0.25) is 0 Å². The second-order valence-electron chi connectivity index (χ2n) is 16.9. The summed E-state index contributed by atoms with van der Waals surface area (Å²) in [5.41, 5.74) is 5.66. The van der Waals surface area contributed by atoms with E-state index in [0.717, 1.165) is 64.2 Å². The number of allylic oxidation sites excluding steroid dienone is 1. The second-order valence-corrected chi connectivity index (χ2v) is 19.4. The van der Waals surface area contributed by atoms with E-state index in [1.54, 1.807) is 6.08 Å². The summed E-state index contributed by atoms with van der Waals surface area (Å²) >= 11 is 0. The van der Waals surface area contributed by atoms with Gasteiger partial charge in [0.2, 0.25) is 10.4 Å². The Balaban J connectivity index is 0.0000186. The number of rotatable bonds is 36. The van der Waals surface area contributed by atoms with Crippen molar-refractivity contribution in [3.05, 3.63) is 12.2 Å². The molecule has 2 aliphatic rings. The van der Waals surface area contributed by atoms with E-state index in [4.69, 9.17) is 38.5 Å². The van der Waals surface area contributed by atoms with Gasteiger partial charge in [0.1, 0.15) is 32.5 Å². The Hall–Kier alpha value is -0.420. The number of carbonyl (C=O) groups is 2. The van der Waals surface area contributed by atoms with E-state index < -0.39 is 61.2 Å². The molecule has 2 fully saturated rings. The third kappa shape index (κ3) is 29.7. The van der Waals surface area contributed by atoms with Gasteiger partial charge in [-0.25, -0.2) is 13.2 Å². The number of hydrogen-bond donors (Lipinski definition) is 3. The molecule has 0 aromatic carbocycles. The molecule has 0 amide bonds. The molecule has 7 atom stereocenters. The van der Waals surface area contributed by atoms with E-state index in [1.165, 1.54) is 51.5 Å². The van der Waals surface area contributed by atoms with Gasteiger partial charge in [-0.1, -0.05) is 76.7 Å². The van der Waals surface area contributed by atoms with E-state index >= 15 is 0 Å². The standard InChI is InChI=1S/C40H75N2O16PS.Na/c1-33(43)52-31-35(32-54-59(46,47)53-28-26-42(2,3)4)56-38(45)22-18-14-12-13-17-21-37-39-36(44)23-25-40(57-37,58-39)24-19-15-10-8-6-5-7-9-11-16-20-27-51-29-34(41)30-55-60(48,49)50;/h18,22,34-37,39,44H,5-17,19-21,23-32,41H2,1-4H3,(H-,46,47,48,49,50);/q;+1/b22-18+;/t34?,35-,36-,37-,39-,40+;/m1./s1. The van der Waals surface area contributed by atoms with Gasteiger partial charge < -0.3 is 48.5 Å². The Bertz CT molecular complexity index is 1340. The minimum absolute atomic E-state index is 0. The zero-order chi connectivity index (χ0) is 44.5. The quantitative estimate of drug-likeness (QED) is 0.0115. The molecule has 0 saturated carbocycles. The number of aliphatic hydroxyl groups is 1. The van der Waals surface area contributed by atoms with Crippen molar-refractivity contribution in [2.45, 2.75) is 165 Å². The van der Waals surface area contributed by atoms with Crippen LogP contribution in [0.3, 0.4) is 0 Å². The first-order valence-electron chi connectivity index (χ1n) is 21.7. The molecule has 61 heavy (non-hydrogen) atoms. The first-order valence-corrected chi connectivity index (χ1v) is 24.5. The topological polar surface area (TPSA) is 255 Å². The number of aliphatic hydroxyl groups excluding tert-OH is 1. The van der Waals surface area contributed by atoms with Gasteiger partial charge in [-0.3, -0.25) is 8.98 Å². The summed E-state index contributed by atoms with van der Waals surface area (Å²) in [6.07, 6.45) is 19.5. The number of carbonyl (C=O) groups excluding carboxylic acids is 2. The third-order valence-corrected chi connectivity index (χ3v) is 11.6. The van der Waals surface area contributed by atoms with Gasteiger partial charge in [-0.05, 0) is 38.5 Å². The normalized spacial score (nSPS) is 22.4. The fourth-order valence-electron chi connectivity index (χ4n) is 6.92. The van der Waals surface area contributed by atoms with Crippen molar-refractivity contribution in [2.75, 3.05) is 67.3 Å². The van der Waals surface area contributed by atoms with Gasteiger partial charge in [0.15, 0.2) is 11.9 Å². The minimum Gasteiger partial charge on any atom is -0.726 e. The summed E-state index contributed by atoms with van der Waals surface area (Å²) in [4.78, 5) is 46.0. The van der Waals surface area contributed by atoms with Gasteiger partial charge in [0.05, 0.1) is 52.6 Å². The maximum absolute atomic E-state index is 12.4. The summed E-state index contributed by atoms with van der Waals surface area (Å²) in [6, 6.07) is -0.652. The van der Waals surface area contributed by atoms with Crippen molar-refractivity contribution in [1.82, 2.24) is 0 Å². The van der Waals surface area contributed by atoms with Crippen LogP contribution in [0.4, 0.5) is 0 Å². The Kier molecular flexibility index (Phi) is 30.2. The summed E-state index contributed by atoms with van der Waals surface area (Å²) in [6.45, 7) is 1.12. The molecular weight excluding hydrogens is 850 g/mol. The number of phosphoric ester groups is 1. The first-order chi connectivity index (χ1) is 28.3. The van der Waals surface area contributed by atoms with E-state index in [9.17, 15) is 37.5 Å². The summed E-state index contributed by atoms with van der Waals surface area (Å²) in [5, 5.41) is 10.7. The van der Waals surface area contributed by atoms with Gasteiger partial charge >= 0.3 is 49.7 Å². The molecule has 2 heterocycles. The fourth-order valence-corrected chi connectivity index (χ4v) is 8.00. The van der Waals surface area contributed by atoms with E-state index in [2.05, 4.69) is 4.18 Å². The molecule has 0 aromatic heterocycles. The molecule has 0 aliphatic carbocycles. The molecule has 0 radical (unpaired) electrons. The van der Waals surface area contributed by atoms with Crippen molar-refractivity contribution in [3.8, 4) is 0 Å². The molecular formula is C40H75N2NaO16PS+. The van der Waals surface area contributed by atoms with Crippen LogP contribution < -0.4 is 40.2 Å². The predicted molar refractivity (Wildman–Crippen MR) is 220 cm³/mol. The summed E-state index contributed by atoms with van der Waals surface area (Å²) < 4.78 is 74.5. The average molecular weight is 926 g/mol. The number of ether oxygens (including phenoxy) is 5. The molecule has 2 aliphatic heterocycles. The molecule has 2 rings (SSSR count). The number of nitrogens with zero attached hydrogens (tertiary/aromatic N) is 1. The number of unbranched alkanes of at least 4 members (excludes halogenated alkanes) is 13. The van der Waals surface area contributed by atoms with Gasteiger partial charge in [0.25, 0.3) is 0 Å². The second kappa shape index (κ2) is 31.5. The minimum atomic E-state index is -4.73. The Morgan fingerprint density at radius 3 is 2.15 bits per heavy atom. The molecule has 21 heteroatoms.